The fraction of sp³-hybridized carbons (Fsp3) is 0.0870. The number of carbonyl (C=O) groups excluding carboxylic acids is 3. The minimum Gasteiger partial charge on any atom is -0.450 e. The third-order valence-electron chi connectivity index (χ3n) is 4.42. The molecule has 162 valence electrons. The Morgan fingerprint density at radius 3 is 2.53 bits per heavy atom. The van der Waals surface area contributed by atoms with Gasteiger partial charge in [-0.15, -0.1) is 0 Å². The lowest BCUT2D eigenvalue weighted by Crippen LogP contribution is -2.36. The third kappa shape index (κ3) is 5.45. The fourth-order valence-corrected chi connectivity index (χ4v) is 4.55. The molecule has 0 spiro atoms. The molecule has 1 aliphatic heterocycles. The van der Waals surface area contributed by atoms with E-state index in [4.69, 9.17) is 16.0 Å². The number of furan rings is 1. The summed E-state index contributed by atoms with van der Waals surface area (Å²) in [7, 11) is 0. The molecule has 1 N–H and O–H groups in total. The number of hydrogen-bond acceptors (Lipinski definition) is 6. The van der Waals surface area contributed by atoms with Gasteiger partial charge in [-0.05, 0) is 67.2 Å². The van der Waals surface area contributed by atoms with E-state index in [-0.39, 0.29) is 11.4 Å². The first-order chi connectivity index (χ1) is 15.4. The van der Waals surface area contributed by atoms with Crippen molar-refractivity contribution in [3.05, 3.63) is 81.9 Å². The Kier molecular flexibility index (Phi) is 6.74. The minimum absolute atomic E-state index is 0.204. The lowest BCUT2D eigenvalue weighted by Gasteiger charge is -2.12. The molecule has 32 heavy (non-hydrogen) atoms. The number of imide groups is 1. The molecule has 6 nitrogen and oxygen atoms in total. The average molecular weight is 485 g/mol. The van der Waals surface area contributed by atoms with Crippen LogP contribution >= 0.6 is 35.1 Å². The number of carbonyl (C=O) groups is 3. The Balaban J connectivity index is 1.39. The molecule has 0 bridgehead atoms. The summed E-state index contributed by atoms with van der Waals surface area (Å²) >= 11 is 8.09. The number of aryl methyl sites for hydroxylation is 1. The van der Waals surface area contributed by atoms with Crippen molar-refractivity contribution in [2.24, 2.45) is 0 Å². The second kappa shape index (κ2) is 9.68. The second-order valence-corrected chi connectivity index (χ2v) is 9.40. The van der Waals surface area contributed by atoms with Crippen LogP contribution in [0.25, 0.3) is 6.08 Å². The number of anilines is 1. The largest absolute Gasteiger partial charge is 0.450 e. The van der Waals surface area contributed by atoms with E-state index >= 15 is 0 Å². The van der Waals surface area contributed by atoms with E-state index in [2.05, 4.69) is 5.32 Å². The number of halogens is 1. The van der Waals surface area contributed by atoms with Crippen LogP contribution in [0.5, 0.6) is 0 Å². The van der Waals surface area contributed by atoms with Crippen molar-refractivity contribution in [3.8, 4) is 0 Å². The molecule has 1 fully saturated rings. The second-order valence-electron chi connectivity index (χ2n) is 6.89. The molecular formula is C23H17ClN2O4S2. The van der Waals surface area contributed by atoms with Crippen LogP contribution in [0.2, 0.25) is 5.02 Å². The third-order valence-corrected chi connectivity index (χ3v) is 6.51. The van der Waals surface area contributed by atoms with Crippen molar-refractivity contribution < 1.29 is 18.8 Å². The highest BCUT2D eigenvalue weighted by atomic mass is 35.5. The molecule has 0 unspecified atom stereocenters. The van der Waals surface area contributed by atoms with Gasteiger partial charge in [-0.25, -0.2) is 0 Å². The molecular weight excluding hydrogens is 468 g/mol. The molecule has 9 heteroatoms. The van der Waals surface area contributed by atoms with Crippen LogP contribution in [0.3, 0.4) is 0 Å². The topological polar surface area (TPSA) is 79.6 Å². The van der Waals surface area contributed by atoms with Crippen LogP contribution in [-0.2, 0) is 9.59 Å². The summed E-state index contributed by atoms with van der Waals surface area (Å²) in [6.07, 6.45) is 1.51. The maximum atomic E-state index is 12.7. The lowest BCUT2D eigenvalue weighted by molar-refractivity contribution is -0.127. The summed E-state index contributed by atoms with van der Waals surface area (Å²) in [5.41, 5.74) is 1.66. The van der Waals surface area contributed by atoms with Gasteiger partial charge in [0.2, 0.25) is 5.91 Å². The predicted octanol–water partition coefficient (Wildman–Crippen LogP) is 6.07. The number of nitrogens with one attached hydrogen (secondary N) is 1. The lowest BCUT2D eigenvalue weighted by atomic mass is 10.2. The van der Waals surface area contributed by atoms with Gasteiger partial charge in [0.15, 0.2) is 5.09 Å². The molecule has 2 heterocycles. The number of amides is 3. The highest BCUT2D eigenvalue weighted by Crippen LogP contribution is 2.34. The van der Waals surface area contributed by atoms with Gasteiger partial charge in [0, 0.05) is 21.7 Å². The van der Waals surface area contributed by atoms with Crippen LogP contribution in [0.15, 0.2) is 80.0 Å². The fourth-order valence-electron chi connectivity index (χ4n) is 2.83. The Morgan fingerprint density at radius 2 is 1.81 bits per heavy atom. The van der Waals surface area contributed by atoms with Crippen molar-refractivity contribution in [1.82, 2.24) is 4.90 Å². The van der Waals surface area contributed by atoms with E-state index in [1.807, 2.05) is 31.2 Å². The van der Waals surface area contributed by atoms with Crippen LogP contribution < -0.4 is 5.32 Å². The van der Waals surface area contributed by atoms with E-state index in [0.29, 0.717) is 21.6 Å². The molecule has 0 atom stereocenters. The number of rotatable bonds is 6. The SMILES string of the molecule is Cc1ccc(NC(=O)CN2C(=O)S/C(=C\c3ccc(Sc4ccc(Cl)cc4)o3)C2=O)cc1. The molecule has 4 rings (SSSR count). The monoisotopic (exact) mass is 484 g/mol. The van der Waals surface area contributed by atoms with Gasteiger partial charge in [-0.3, -0.25) is 19.3 Å². The smallest absolute Gasteiger partial charge is 0.294 e. The van der Waals surface area contributed by atoms with Crippen LogP contribution in [-0.4, -0.2) is 28.5 Å². The van der Waals surface area contributed by atoms with E-state index in [9.17, 15) is 14.4 Å². The number of benzene rings is 2. The van der Waals surface area contributed by atoms with Crippen molar-refractivity contribution in [2.45, 2.75) is 16.9 Å². The van der Waals surface area contributed by atoms with Crippen LogP contribution in [0.1, 0.15) is 11.3 Å². The Bertz CT molecular complexity index is 1200. The van der Waals surface area contributed by atoms with Gasteiger partial charge < -0.3 is 9.73 Å². The summed E-state index contributed by atoms with van der Waals surface area (Å²) < 4.78 is 5.75. The van der Waals surface area contributed by atoms with E-state index < -0.39 is 17.1 Å². The quantitative estimate of drug-likeness (QED) is 0.428. The molecule has 0 radical (unpaired) electrons. The van der Waals surface area contributed by atoms with Crippen molar-refractivity contribution in [1.29, 1.82) is 0 Å². The Hall–Kier alpha value is -2.94. The molecule has 0 saturated carbocycles. The maximum absolute atomic E-state index is 12.7. The molecule has 1 aliphatic rings. The normalized spacial score (nSPS) is 14.9. The van der Waals surface area contributed by atoms with Gasteiger partial charge in [-0.1, -0.05) is 41.1 Å². The van der Waals surface area contributed by atoms with Gasteiger partial charge >= 0.3 is 0 Å². The summed E-state index contributed by atoms with van der Waals surface area (Å²) in [6.45, 7) is 1.59. The highest BCUT2D eigenvalue weighted by Gasteiger charge is 2.36. The molecule has 3 amide bonds. The van der Waals surface area contributed by atoms with Gasteiger partial charge in [0.05, 0.1) is 4.91 Å². The average Bonchev–Trinajstić information content (AvgIpc) is 3.31. The molecule has 2 aromatic carbocycles. The first kappa shape index (κ1) is 22.3. The molecule has 3 aromatic rings. The zero-order valence-corrected chi connectivity index (χ0v) is 19.2. The van der Waals surface area contributed by atoms with E-state index in [0.717, 1.165) is 27.1 Å². The van der Waals surface area contributed by atoms with Crippen molar-refractivity contribution in [2.75, 3.05) is 11.9 Å². The zero-order valence-electron chi connectivity index (χ0n) is 16.8. The summed E-state index contributed by atoms with van der Waals surface area (Å²) in [4.78, 5) is 39.3. The first-order valence-electron chi connectivity index (χ1n) is 9.52. The Labute approximate surface area is 198 Å². The maximum Gasteiger partial charge on any atom is 0.294 e. The molecule has 1 aromatic heterocycles. The van der Waals surface area contributed by atoms with Crippen LogP contribution in [0, 0.1) is 6.92 Å². The first-order valence-corrected chi connectivity index (χ1v) is 11.5. The van der Waals surface area contributed by atoms with E-state index in [1.54, 1.807) is 36.4 Å². The van der Waals surface area contributed by atoms with Crippen molar-refractivity contribution in [3.63, 3.8) is 0 Å². The number of nitrogens with zero attached hydrogens (tertiary/aromatic N) is 1. The van der Waals surface area contributed by atoms with E-state index in [1.165, 1.54) is 17.8 Å². The summed E-state index contributed by atoms with van der Waals surface area (Å²) in [6, 6.07) is 18.1. The highest BCUT2D eigenvalue weighted by molar-refractivity contribution is 8.18. The molecule has 0 aliphatic carbocycles. The summed E-state index contributed by atoms with van der Waals surface area (Å²) in [5, 5.41) is 3.48. The van der Waals surface area contributed by atoms with Gasteiger partial charge in [0.1, 0.15) is 12.3 Å². The van der Waals surface area contributed by atoms with Gasteiger partial charge in [0.25, 0.3) is 11.1 Å². The van der Waals surface area contributed by atoms with Crippen LogP contribution in [0.4, 0.5) is 10.5 Å². The molecule has 1 saturated heterocycles. The minimum atomic E-state index is -0.526. The van der Waals surface area contributed by atoms with Crippen molar-refractivity contribution >= 4 is 63.9 Å². The standard InChI is InChI=1S/C23H17ClN2O4S2/c1-14-2-6-16(7-3-14)25-20(27)13-26-22(28)19(32-23(26)29)12-17-8-11-21(30-17)31-18-9-4-15(24)5-10-18/h2-12H,13H2,1H3,(H,25,27)/b19-12-. The predicted molar refractivity (Wildman–Crippen MR) is 127 cm³/mol. The number of thioether (sulfide) groups is 1. The summed E-state index contributed by atoms with van der Waals surface area (Å²) in [5.74, 6) is -0.532. The number of hydrogen-bond donors (Lipinski definition) is 1. The zero-order chi connectivity index (χ0) is 22.7. The van der Waals surface area contributed by atoms with Gasteiger partial charge in [-0.2, -0.15) is 0 Å². The Morgan fingerprint density at radius 1 is 1.09 bits per heavy atom.